The van der Waals surface area contributed by atoms with Crippen LogP contribution in [0.5, 0.6) is 5.88 Å². The van der Waals surface area contributed by atoms with Gasteiger partial charge in [-0.3, -0.25) is 0 Å². The van der Waals surface area contributed by atoms with Crippen LogP contribution in [0.15, 0.2) is 12.1 Å². The summed E-state index contributed by atoms with van der Waals surface area (Å²) in [6, 6.07) is 3.81. The summed E-state index contributed by atoms with van der Waals surface area (Å²) in [5.74, 6) is -0.289. The molecule has 0 bridgehead atoms. The molecule has 0 unspecified atom stereocenters. The van der Waals surface area contributed by atoms with Crippen LogP contribution >= 0.6 is 0 Å². The van der Waals surface area contributed by atoms with E-state index in [1.165, 1.54) is 0 Å². The summed E-state index contributed by atoms with van der Waals surface area (Å²) in [5, 5.41) is 11.8. The maximum absolute atomic E-state index is 12.5. The minimum atomic E-state index is -4.55. The highest BCUT2D eigenvalue weighted by molar-refractivity contribution is 5.39. The van der Waals surface area contributed by atoms with Gasteiger partial charge in [0.25, 0.3) is 0 Å². The fourth-order valence-electron chi connectivity index (χ4n) is 1.29. The third-order valence-electron chi connectivity index (χ3n) is 2.16. The third-order valence-corrected chi connectivity index (χ3v) is 2.16. The van der Waals surface area contributed by atoms with E-state index in [1.54, 1.807) is 6.07 Å². The lowest BCUT2D eigenvalue weighted by atomic mass is 10.2. The Morgan fingerprint density at radius 2 is 2.11 bits per heavy atom. The van der Waals surface area contributed by atoms with Crippen LogP contribution in [0.25, 0.3) is 0 Å². The van der Waals surface area contributed by atoms with Gasteiger partial charge in [0, 0.05) is 12.6 Å². The zero-order chi connectivity index (χ0) is 14.5. The molecular weight excluding hydrogens is 259 g/mol. The second-order valence-corrected chi connectivity index (χ2v) is 4.12. The van der Waals surface area contributed by atoms with Crippen molar-refractivity contribution in [2.75, 3.05) is 13.2 Å². The normalized spacial score (nSPS) is 11.4. The van der Waals surface area contributed by atoms with Crippen molar-refractivity contribution in [2.45, 2.75) is 26.1 Å². The van der Waals surface area contributed by atoms with Crippen LogP contribution in [0.1, 0.15) is 25.1 Å². The van der Waals surface area contributed by atoms with Gasteiger partial charge < -0.3 is 10.1 Å². The molecule has 0 saturated heterocycles. The van der Waals surface area contributed by atoms with Gasteiger partial charge in [0.2, 0.25) is 5.88 Å². The molecule has 19 heavy (non-hydrogen) atoms. The molecule has 0 radical (unpaired) electrons. The van der Waals surface area contributed by atoms with Crippen LogP contribution in [0.2, 0.25) is 0 Å². The van der Waals surface area contributed by atoms with Crippen molar-refractivity contribution in [1.29, 1.82) is 5.26 Å². The first-order valence-corrected chi connectivity index (χ1v) is 5.69. The number of hydrogen-bond acceptors (Lipinski definition) is 4. The van der Waals surface area contributed by atoms with Gasteiger partial charge in [-0.25, -0.2) is 4.98 Å². The lowest BCUT2D eigenvalue weighted by Gasteiger charge is -2.12. The average molecular weight is 273 g/mol. The lowest BCUT2D eigenvalue weighted by molar-refractivity contribution is -0.141. The molecule has 0 fully saturated rings. The standard InChI is InChI=1S/C12H14F3N3O/c1-8(2)17-5-6-19-11-9(7-16)3-4-10(18-11)12(13,14)15/h3-4,8,17H,5-6H2,1-2H3. The summed E-state index contributed by atoms with van der Waals surface area (Å²) in [6.45, 7) is 4.47. The molecule has 1 aromatic rings. The van der Waals surface area contributed by atoms with Crippen molar-refractivity contribution in [3.05, 3.63) is 23.4 Å². The van der Waals surface area contributed by atoms with Crippen LogP contribution < -0.4 is 10.1 Å². The molecular formula is C12H14F3N3O. The highest BCUT2D eigenvalue weighted by Crippen LogP contribution is 2.29. The Balaban J connectivity index is 2.77. The minimum absolute atomic E-state index is 0.0162. The highest BCUT2D eigenvalue weighted by Gasteiger charge is 2.33. The molecule has 0 amide bonds. The van der Waals surface area contributed by atoms with Gasteiger partial charge in [0.15, 0.2) is 0 Å². The number of hydrogen-bond donors (Lipinski definition) is 1. The maximum Gasteiger partial charge on any atom is 0.433 e. The van der Waals surface area contributed by atoms with E-state index in [9.17, 15) is 13.2 Å². The van der Waals surface area contributed by atoms with E-state index in [0.717, 1.165) is 12.1 Å². The Morgan fingerprint density at radius 1 is 1.42 bits per heavy atom. The quantitative estimate of drug-likeness (QED) is 0.837. The number of halogens is 3. The molecule has 0 atom stereocenters. The van der Waals surface area contributed by atoms with Crippen LogP contribution in [-0.2, 0) is 6.18 Å². The Kier molecular flexibility index (Phi) is 5.12. The second-order valence-electron chi connectivity index (χ2n) is 4.12. The van der Waals surface area contributed by atoms with Crippen molar-refractivity contribution in [3.8, 4) is 11.9 Å². The molecule has 0 aromatic carbocycles. The van der Waals surface area contributed by atoms with Crippen LogP contribution in [-0.4, -0.2) is 24.2 Å². The van der Waals surface area contributed by atoms with Gasteiger partial charge in [-0.15, -0.1) is 0 Å². The summed E-state index contributed by atoms with van der Waals surface area (Å²) in [5.41, 5.74) is -1.09. The Morgan fingerprint density at radius 3 is 2.63 bits per heavy atom. The topological polar surface area (TPSA) is 57.9 Å². The van der Waals surface area contributed by atoms with Gasteiger partial charge in [0.05, 0.1) is 0 Å². The molecule has 4 nitrogen and oxygen atoms in total. The summed E-state index contributed by atoms with van der Waals surface area (Å²) < 4.78 is 42.6. The number of pyridine rings is 1. The number of ether oxygens (including phenoxy) is 1. The smallest absolute Gasteiger partial charge is 0.433 e. The molecule has 0 aliphatic carbocycles. The third kappa shape index (κ3) is 4.75. The minimum Gasteiger partial charge on any atom is -0.475 e. The number of aromatic nitrogens is 1. The second kappa shape index (κ2) is 6.38. The van der Waals surface area contributed by atoms with Gasteiger partial charge in [-0.1, -0.05) is 13.8 Å². The van der Waals surface area contributed by atoms with Gasteiger partial charge in [0.1, 0.15) is 23.9 Å². The molecule has 7 heteroatoms. The summed E-state index contributed by atoms with van der Waals surface area (Å²) in [4.78, 5) is 3.33. The number of rotatable bonds is 5. The molecule has 1 aromatic heterocycles. The maximum atomic E-state index is 12.5. The first-order chi connectivity index (χ1) is 8.84. The van der Waals surface area contributed by atoms with Crippen molar-refractivity contribution in [3.63, 3.8) is 0 Å². The zero-order valence-electron chi connectivity index (χ0n) is 10.6. The summed E-state index contributed by atoms with van der Waals surface area (Å²) >= 11 is 0. The fourth-order valence-corrected chi connectivity index (χ4v) is 1.29. The molecule has 0 aliphatic rings. The van der Waals surface area contributed by atoms with Crippen molar-refractivity contribution < 1.29 is 17.9 Å². The van der Waals surface area contributed by atoms with Crippen molar-refractivity contribution in [1.82, 2.24) is 10.3 Å². The summed E-state index contributed by atoms with van der Waals surface area (Å²) in [6.07, 6.45) is -4.55. The molecule has 1 heterocycles. The average Bonchev–Trinajstić information content (AvgIpc) is 2.33. The van der Waals surface area contributed by atoms with E-state index in [0.29, 0.717) is 6.54 Å². The van der Waals surface area contributed by atoms with Gasteiger partial charge >= 0.3 is 6.18 Å². The lowest BCUT2D eigenvalue weighted by Crippen LogP contribution is -2.27. The van der Waals surface area contributed by atoms with E-state index in [4.69, 9.17) is 10.00 Å². The Bertz CT molecular complexity index is 466. The number of alkyl halides is 3. The van der Waals surface area contributed by atoms with E-state index in [-0.39, 0.29) is 24.1 Å². The molecule has 104 valence electrons. The van der Waals surface area contributed by atoms with Crippen LogP contribution in [0, 0.1) is 11.3 Å². The number of nitriles is 1. The molecule has 0 spiro atoms. The van der Waals surface area contributed by atoms with Crippen LogP contribution in [0.4, 0.5) is 13.2 Å². The predicted molar refractivity (Wildman–Crippen MR) is 62.6 cm³/mol. The Labute approximate surface area is 109 Å². The number of nitrogens with one attached hydrogen (secondary N) is 1. The van der Waals surface area contributed by atoms with Gasteiger partial charge in [-0.2, -0.15) is 18.4 Å². The van der Waals surface area contributed by atoms with Gasteiger partial charge in [-0.05, 0) is 12.1 Å². The predicted octanol–water partition coefficient (Wildman–Crippen LogP) is 2.35. The zero-order valence-corrected chi connectivity index (χ0v) is 10.6. The molecule has 1 N–H and O–H groups in total. The largest absolute Gasteiger partial charge is 0.475 e. The highest BCUT2D eigenvalue weighted by atomic mass is 19.4. The van der Waals surface area contributed by atoms with Crippen molar-refractivity contribution in [2.24, 2.45) is 0 Å². The van der Waals surface area contributed by atoms with Crippen LogP contribution in [0.3, 0.4) is 0 Å². The monoisotopic (exact) mass is 273 g/mol. The van der Waals surface area contributed by atoms with E-state index >= 15 is 0 Å². The SMILES string of the molecule is CC(C)NCCOc1nc(C(F)(F)F)ccc1C#N. The van der Waals surface area contributed by atoms with E-state index in [2.05, 4.69) is 10.3 Å². The first-order valence-electron chi connectivity index (χ1n) is 5.69. The van der Waals surface area contributed by atoms with E-state index in [1.807, 2.05) is 13.8 Å². The molecule has 0 saturated carbocycles. The Hall–Kier alpha value is -1.81. The molecule has 1 rings (SSSR count). The molecule has 0 aliphatic heterocycles. The van der Waals surface area contributed by atoms with E-state index < -0.39 is 11.9 Å². The fraction of sp³-hybridized carbons (Fsp3) is 0.500. The summed E-state index contributed by atoms with van der Waals surface area (Å²) in [7, 11) is 0. The van der Waals surface area contributed by atoms with Crippen molar-refractivity contribution >= 4 is 0 Å². The number of nitrogens with zero attached hydrogens (tertiary/aromatic N) is 2. The first kappa shape index (κ1) is 15.2.